The minimum absolute atomic E-state index is 0.0924. The second-order valence-corrected chi connectivity index (χ2v) is 9.42. The van der Waals surface area contributed by atoms with Gasteiger partial charge in [0.1, 0.15) is 52.0 Å². The number of hydrogen-bond donors (Lipinski definition) is 0. The van der Waals surface area contributed by atoms with E-state index in [4.69, 9.17) is 4.74 Å². The Morgan fingerprint density at radius 1 is 0.744 bits per heavy atom. The van der Waals surface area contributed by atoms with Crippen molar-refractivity contribution in [1.29, 1.82) is 0 Å². The van der Waals surface area contributed by atoms with Crippen LogP contribution in [0.1, 0.15) is 34.8 Å². The maximum Gasteiger partial charge on any atom is 0.349 e. The van der Waals surface area contributed by atoms with Crippen LogP contribution in [0.25, 0.3) is 22.3 Å². The van der Waals surface area contributed by atoms with Crippen molar-refractivity contribution in [1.82, 2.24) is 0 Å². The maximum atomic E-state index is 15.0. The van der Waals surface area contributed by atoms with Crippen LogP contribution in [0.15, 0.2) is 66.7 Å². The lowest BCUT2D eigenvalue weighted by Crippen LogP contribution is -2.14. The molecular weight excluding hydrogens is 587 g/mol. The van der Waals surface area contributed by atoms with Gasteiger partial charge in [0.2, 0.25) is 0 Å². The van der Waals surface area contributed by atoms with Gasteiger partial charge < -0.3 is 4.74 Å². The Balaban J connectivity index is 1.60. The van der Waals surface area contributed by atoms with E-state index in [0.717, 1.165) is 24.6 Å². The van der Waals surface area contributed by atoms with Crippen LogP contribution in [0.2, 0.25) is 0 Å². The zero-order valence-corrected chi connectivity index (χ0v) is 22.3. The molecule has 11 heteroatoms. The van der Waals surface area contributed by atoms with Gasteiger partial charge in [-0.25, -0.2) is 44.3 Å². The minimum atomic E-state index is -2.84. The lowest BCUT2D eigenvalue weighted by atomic mass is 9.96. The second-order valence-electron chi connectivity index (χ2n) is 9.42. The summed E-state index contributed by atoms with van der Waals surface area (Å²) in [5.74, 6) is -11.5. The van der Waals surface area contributed by atoms with Gasteiger partial charge in [-0.1, -0.05) is 31.6 Å². The van der Waals surface area contributed by atoms with Gasteiger partial charge in [0.15, 0.2) is 0 Å². The molecule has 0 atom stereocenters. The Kier molecular flexibility index (Phi) is 9.63. The molecule has 2 nitrogen and oxygen atoms in total. The van der Waals surface area contributed by atoms with E-state index in [9.17, 15) is 35.5 Å². The highest BCUT2D eigenvalue weighted by atomic mass is 19.3. The van der Waals surface area contributed by atoms with E-state index in [1.807, 2.05) is 6.92 Å². The third kappa shape index (κ3) is 7.10. The number of carbonyl (C=O) groups is 1. The Morgan fingerprint density at radius 2 is 1.33 bits per heavy atom. The largest absolute Gasteiger partial charge is 0.423 e. The van der Waals surface area contributed by atoms with Gasteiger partial charge in [-0.2, -0.15) is 0 Å². The Bertz CT molecular complexity index is 1640. The molecule has 0 unspecified atom stereocenters. The third-order valence-electron chi connectivity index (χ3n) is 6.39. The van der Waals surface area contributed by atoms with Gasteiger partial charge in [0, 0.05) is 23.3 Å². The molecule has 0 fully saturated rings. The van der Waals surface area contributed by atoms with Gasteiger partial charge in [-0.15, -0.1) is 0 Å². The van der Waals surface area contributed by atoms with Crippen LogP contribution in [0.5, 0.6) is 5.75 Å². The van der Waals surface area contributed by atoms with E-state index in [1.165, 1.54) is 12.1 Å². The molecule has 4 rings (SSSR count). The lowest BCUT2D eigenvalue weighted by Gasteiger charge is -2.12. The predicted molar refractivity (Wildman–Crippen MR) is 141 cm³/mol. The van der Waals surface area contributed by atoms with Gasteiger partial charge in [-0.3, -0.25) is 0 Å². The first-order valence-corrected chi connectivity index (χ1v) is 12.8. The number of halogens is 9. The quantitative estimate of drug-likeness (QED) is 0.0819. The van der Waals surface area contributed by atoms with Crippen molar-refractivity contribution < 1.29 is 49.0 Å². The Labute approximate surface area is 240 Å². The summed E-state index contributed by atoms with van der Waals surface area (Å²) in [6.07, 6.45) is -0.784. The highest BCUT2D eigenvalue weighted by Crippen LogP contribution is 2.34. The van der Waals surface area contributed by atoms with Crippen LogP contribution in [-0.2, 0) is 12.8 Å². The number of carbonyl (C=O) groups excluding carboxylic acids is 1. The van der Waals surface area contributed by atoms with Gasteiger partial charge in [-0.05, 0) is 65.9 Å². The fourth-order valence-electron chi connectivity index (χ4n) is 4.43. The van der Waals surface area contributed by atoms with Crippen LogP contribution in [0.4, 0.5) is 39.5 Å². The number of aryl methyl sites for hydroxylation is 1. The van der Waals surface area contributed by atoms with Crippen LogP contribution >= 0.6 is 0 Å². The molecule has 0 aliphatic heterocycles. The molecule has 4 aromatic carbocycles. The topological polar surface area (TPSA) is 26.3 Å². The van der Waals surface area contributed by atoms with Crippen molar-refractivity contribution in [2.45, 2.75) is 32.6 Å². The zero-order valence-electron chi connectivity index (χ0n) is 22.3. The molecule has 0 aliphatic carbocycles. The Hall–Kier alpha value is -4.54. The molecular formula is C32H21F9O2. The molecule has 0 N–H and O–H groups in total. The van der Waals surface area contributed by atoms with Crippen LogP contribution in [0, 0.1) is 40.7 Å². The van der Waals surface area contributed by atoms with E-state index in [-0.39, 0.29) is 11.1 Å². The van der Waals surface area contributed by atoms with Crippen LogP contribution in [-0.4, -0.2) is 12.4 Å². The van der Waals surface area contributed by atoms with Gasteiger partial charge >= 0.3 is 5.97 Å². The van der Waals surface area contributed by atoms with E-state index in [2.05, 4.69) is 0 Å². The third-order valence-corrected chi connectivity index (χ3v) is 6.39. The molecule has 0 aromatic heterocycles. The number of rotatable bonds is 9. The van der Waals surface area contributed by atoms with Crippen molar-refractivity contribution >= 4 is 5.97 Å². The molecule has 224 valence electrons. The van der Waals surface area contributed by atoms with Crippen molar-refractivity contribution in [3.05, 3.63) is 124 Å². The molecule has 0 spiro atoms. The summed E-state index contributed by atoms with van der Waals surface area (Å²) >= 11 is 0. The number of ether oxygens (including phenoxy) is 1. The average Bonchev–Trinajstić information content (AvgIpc) is 2.89. The zero-order chi connectivity index (χ0) is 31.4. The summed E-state index contributed by atoms with van der Waals surface area (Å²) in [5, 5.41) is 0. The molecule has 0 heterocycles. The van der Waals surface area contributed by atoms with E-state index >= 15 is 8.78 Å². The summed E-state index contributed by atoms with van der Waals surface area (Å²) < 4.78 is 132. The summed E-state index contributed by atoms with van der Waals surface area (Å²) in [5.41, 5.74) is -2.99. The minimum Gasteiger partial charge on any atom is -0.423 e. The molecule has 0 saturated carbocycles. The maximum absolute atomic E-state index is 15.0. The highest BCUT2D eigenvalue weighted by molar-refractivity contribution is 5.92. The van der Waals surface area contributed by atoms with Crippen LogP contribution in [0.3, 0.4) is 0 Å². The number of allylic oxidation sites excluding steroid dienone is 2. The summed E-state index contributed by atoms with van der Waals surface area (Å²) in [4.78, 5) is 12.5. The molecule has 0 radical (unpaired) electrons. The van der Waals surface area contributed by atoms with Crippen molar-refractivity contribution in [2.75, 3.05) is 0 Å². The molecule has 0 bridgehead atoms. The first kappa shape index (κ1) is 31.4. The number of hydrogen-bond acceptors (Lipinski definition) is 2. The molecule has 4 aromatic rings. The van der Waals surface area contributed by atoms with Crippen molar-refractivity contribution in [2.24, 2.45) is 0 Å². The van der Waals surface area contributed by atoms with Crippen LogP contribution < -0.4 is 4.74 Å². The van der Waals surface area contributed by atoms with E-state index in [1.54, 1.807) is 6.07 Å². The molecule has 0 aliphatic rings. The van der Waals surface area contributed by atoms with E-state index in [0.29, 0.717) is 42.3 Å². The predicted octanol–water partition coefficient (Wildman–Crippen LogP) is 9.53. The first-order chi connectivity index (χ1) is 20.4. The normalized spacial score (nSPS) is 11.5. The van der Waals surface area contributed by atoms with Gasteiger partial charge in [0.25, 0.3) is 6.43 Å². The smallest absolute Gasteiger partial charge is 0.349 e. The monoisotopic (exact) mass is 608 g/mol. The molecule has 0 amide bonds. The summed E-state index contributed by atoms with van der Waals surface area (Å²) in [6, 6.07) is 7.77. The highest BCUT2D eigenvalue weighted by Gasteiger charge is 2.25. The molecule has 43 heavy (non-hydrogen) atoms. The van der Waals surface area contributed by atoms with Crippen molar-refractivity contribution in [3.8, 4) is 28.0 Å². The number of esters is 1. The lowest BCUT2D eigenvalue weighted by molar-refractivity contribution is 0.0723. The fraction of sp³-hybridized carbons (Fsp3) is 0.156. The SMILES string of the molecule is CCCc1ccc(-c2cc(F)c(-c3cc(F)c(C(=O)Oc4cc(F)c(CC=CC(F)F)c(F)c4)c(F)c3)c(F)c2)c(F)c1. The molecule has 0 saturated heterocycles. The number of alkyl halides is 2. The number of benzene rings is 4. The van der Waals surface area contributed by atoms with E-state index < -0.39 is 87.5 Å². The summed E-state index contributed by atoms with van der Waals surface area (Å²) in [7, 11) is 0. The standard InChI is InChI=1S/C32H21F9O2/c1-2-4-16-7-8-20(22(33)9-16)17-10-25(36)30(26(37)11-17)18-12-27(38)31(28(39)13-18)32(42)43-19-14-23(34)21(24(35)15-19)5-3-6-29(40)41/h3,6-15,29H,2,4-5H2,1H3. The fourth-order valence-corrected chi connectivity index (χ4v) is 4.43. The summed E-state index contributed by atoms with van der Waals surface area (Å²) in [6.45, 7) is 1.90. The average molecular weight is 609 g/mol. The van der Waals surface area contributed by atoms with Crippen molar-refractivity contribution in [3.63, 3.8) is 0 Å². The van der Waals surface area contributed by atoms with Gasteiger partial charge in [0.05, 0.1) is 5.56 Å². The Morgan fingerprint density at radius 3 is 1.86 bits per heavy atom. The first-order valence-electron chi connectivity index (χ1n) is 12.8. The second kappa shape index (κ2) is 13.2.